The third-order valence-electron chi connectivity index (χ3n) is 6.09. The summed E-state index contributed by atoms with van der Waals surface area (Å²) in [6.07, 6.45) is 0.277. The topological polar surface area (TPSA) is 68.2 Å². The fourth-order valence-corrected chi connectivity index (χ4v) is 4.58. The minimum Gasteiger partial charge on any atom is -0.488 e. The molecule has 2 aromatic rings. The fraction of sp³-hybridized carbons (Fsp3) is 0.409. The van der Waals surface area contributed by atoms with Crippen molar-refractivity contribution in [2.75, 3.05) is 19.9 Å². The molecule has 0 aromatic heterocycles. The standard InChI is InChI=1S/C22H22FNO5/c23-16-2-4-17(5-3-16)29-20-9-15-11-24(10-14(15)7-18(20)25)22(26)13-1-6-19-21(8-13)28-12-27-19/h1-6,8,14-15,18,20,25H,7,9-12H2/t14-,15+,18+,20+/m0/s1. The summed E-state index contributed by atoms with van der Waals surface area (Å²) >= 11 is 0. The first-order valence-electron chi connectivity index (χ1n) is 9.86. The molecule has 1 saturated carbocycles. The van der Waals surface area contributed by atoms with Gasteiger partial charge in [0.05, 0.1) is 6.10 Å². The third kappa shape index (κ3) is 3.51. The minimum absolute atomic E-state index is 0.0387. The lowest BCUT2D eigenvalue weighted by molar-refractivity contribution is -0.0231. The van der Waals surface area contributed by atoms with E-state index in [1.54, 1.807) is 30.3 Å². The van der Waals surface area contributed by atoms with E-state index in [0.717, 1.165) is 0 Å². The first-order chi connectivity index (χ1) is 14.1. The molecule has 1 saturated heterocycles. The maximum absolute atomic E-state index is 13.1. The molecule has 2 aromatic carbocycles. The molecule has 2 fully saturated rings. The van der Waals surface area contributed by atoms with Crippen molar-refractivity contribution in [1.29, 1.82) is 0 Å². The van der Waals surface area contributed by atoms with E-state index in [9.17, 15) is 14.3 Å². The average Bonchev–Trinajstić information content (AvgIpc) is 3.35. The zero-order chi connectivity index (χ0) is 20.0. The van der Waals surface area contributed by atoms with Crippen molar-refractivity contribution in [3.8, 4) is 17.2 Å². The summed E-state index contributed by atoms with van der Waals surface area (Å²) in [6.45, 7) is 1.43. The minimum atomic E-state index is -0.609. The summed E-state index contributed by atoms with van der Waals surface area (Å²) in [5.74, 6) is 1.94. The van der Waals surface area contributed by atoms with Crippen LogP contribution in [0.25, 0.3) is 0 Å². The number of benzene rings is 2. The maximum atomic E-state index is 13.1. The maximum Gasteiger partial charge on any atom is 0.254 e. The van der Waals surface area contributed by atoms with Crippen molar-refractivity contribution in [1.82, 2.24) is 4.90 Å². The van der Waals surface area contributed by atoms with Crippen LogP contribution in [0.2, 0.25) is 0 Å². The van der Waals surface area contributed by atoms with Crippen LogP contribution in [0.4, 0.5) is 4.39 Å². The van der Waals surface area contributed by atoms with Crippen LogP contribution in [-0.4, -0.2) is 48.0 Å². The number of hydrogen-bond donors (Lipinski definition) is 1. The average molecular weight is 399 g/mol. The quantitative estimate of drug-likeness (QED) is 0.860. The number of hydrogen-bond acceptors (Lipinski definition) is 5. The van der Waals surface area contributed by atoms with Gasteiger partial charge in [-0.3, -0.25) is 4.79 Å². The Morgan fingerprint density at radius 3 is 2.55 bits per heavy atom. The van der Waals surface area contributed by atoms with Gasteiger partial charge in [0.15, 0.2) is 11.5 Å². The Bertz CT molecular complexity index is 918. The Morgan fingerprint density at radius 1 is 1.03 bits per heavy atom. The molecular weight excluding hydrogens is 377 g/mol. The zero-order valence-electron chi connectivity index (χ0n) is 15.8. The summed E-state index contributed by atoms with van der Waals surface area (Å²) < 4.78 is 29.7. The van der Waals surface area contributed by atoms with Gasteiger partial charge in [0.2, 0.25) is 6.79 Å². The smallest absolute Gasteiger partial charge is 0.254 e. The molecule has 152 valence electrons. The van der Waals surface area contributed by atoms with Gasteiger partial charge in [0.25, 0.3) is 5.91 Å². The van der Waals surface area contributed by atoms with E-state index in [4.69, 9.17) is 14.2 Å². The van der Waals surface area contributed by atoms with Gasteiger partial charge in [-0.2, -0.15) is 0 Å². The molecule has 7 heteroatoms. The number of carbonyl (C=O) groups excluding carboxylic acids is 1. The lowest BCUT2D eigenvalue weighted by Crippen LogP contribution is -2.42. The van der Waals surface area contributed by atoms with E-state index in [0.29, 0.717) is 48.7 Å². The Morgan fingerprint density at radius 2 is 1.76 bits per heavy atom. The molecule has 29 heavy (non-hydrogen) atoms. The second-order valence-electron chi connectivity index (χ2n) is 7.95. The number of fused-ring (bicyclic) bond motifs is 2. The highest BCUT2D eigenvalue weighted by Gasteiger charge is 2.44. The Balaban J connectivity index is 1.25. The highest BCUT2D eigenvalue weighted by Crippen LogP contribution is 2.39. The van der Waals surface area contributed by atoms with Crippen molar-refractivity contribution in [3.05, 3.63) is 53.8 Å². The van der Waals surface area contributed by atoms with Crippen molar-refractivity contribution in [2.45, 2.75) is 25.0 Å². The summed E-state index contributed by atoms with van der Waals surface area (Å²) in [5, 5.41) is 10.5. The first kappa shape index (κ1) is 18.2. The van der Waals surface area contributed by atoms with Crippen LogP contribution >= 0.6 is 0 Å². The van der Waals surface area contributed by atoms with Crippen LogP contribution in [-0.2, 0) is 0 Å². The molecule has 1 amide bonds. The number of rotatable bonds is 3. The van der Waals surface area contributed by atoms with Crippen LogP contribution in [0.1, 0.15) is 23.2 Å². The van der Waals surface area contributed by atoms with Gasteiger partial charge in [0.1, 0.15) is 17.7 Å². The second kappa shape index (κ2) is 7.22. The van der Waals surface area contributed by atoms with Crippen molar-refractivity contribution in [2.24, 2.45) is 11.8 Å². The van der Waals surface area contributed by atoms with Crippen LogP contribution < -0.4 is 14.2 Å². The number of amides is 1. The monoisotopic (exact) mass is 399 g/mol. The number of aliphatic hydroxyl groups is 1. The van der Waals surface area contributed by atoms with Crippen molar-refractivity contribution in [3.63, 3.8) is 0 Å². The number of aliphatic hydroxyl groups excluding tert-OH is 1. The molecule has 1 N–H and O–H groups in total. The normalized spacial score (nSPS) is 27.6. The Hall–Kier alpha value is -2.80. The lowest BCUT2D eigenvalue weighted by Gasteiger charge is -2.35. The molecule has 2 heterocycles. The zero-order valence-corrected chi connectivity index (χ0v) is 15.8. The fourth-order valence-electron chi connectivity index (χ4n) is 4.58. The molecule has 2 aliphatic heterocycles. The van der Waals surface area contributed by atoms with Gasteiger partial charge in [-0.05, 0) is 67.1 Å². The number of ether oxygens (including phenoxy) is 3. The molecule has 4 atom stereocenters. The predicted molar refractivity (Wildman–Crippen MR) is 102 cm³/mol. The van der Waals surface area contributed by atoms with E-state index in [2.05, 4.69) is 0 Å². The molecule has 3 aliphatic rings. The molecular formula is C22H22FNO5. The molecule has 0 unspecified atom stereocenters. The Kier molecular flexibility index (Phi) is 4.54. The van der Waals surface area contributed by atoms with Gasteiger partial charge >= 0.3 is 0 Å². The van der Waals surface area contributed by atoms with Gasteiger partial charge < -0.3 is 24.2 Å². The number of nitrogens with zero attached hydrogens (tertiary/aromatic N) is 1. The van der Waals surface area contributed by atoms with E-state index < -0.39 is 6.10 Å². The summed E-state index contributed by atoms with van der Waals surface area (Å²) in [6, 6.07) is 11.1. The first-order valence-corrected chi connectivity index (χ1v) is 9.86. The lowest BCUT2D eigenvalue weighted by atomic mass is 9.78. The van der Waals surface area contributed by atoms with Gasteiger partial charge in [-0.1, -0.05) is 0 Å². The number of carbonyl (C=O) groups is 1. The van der Waals surface area contributed by atoms with Crippen LogP contribution in [0.5, 0.6) is 17.2 Å². The highest BCUT2D eigenvalue weighted by molar-refractivity contribution is 5.95. The molecule has 6 nitrogen and oxygen atoms in total. The second-order valence-corrected chi connectivity index (χ2v) is 7.95. The number of halogens is 1. The largest absolute Gasteiger partial charge is 0.488 e. The van der Waals surface area contributed by atoms with Crippen molar-refractivity contribution >= 4 is 5.91 Å². The Labute approximate surface area is 167 Å². The van der Waals surface area contributed by atoms with Gasteiger partial charge in [-0.15, -0.1) is 0 Å². The van der Waals surface area contributed by atoms with Crippen LogP contribution in [0, 0.1) is 17.7 Å². The van der Waals surface area contributed by atoms with Gasteiger partial charge in [-0.25, -0.2) is 4.39 Å². The molecule has 0 bridgehead atoms. The van der Waals surface area contributed by atoms with E-state index >= 15 is 0 Å². The van der Waals surface area contributed by atoms with Crippen LogP contribution in [0.3, 0.4) is 0 Å². The highest BCUT2D eigenvalue weighted by atomic mass is 19.1. The SMILES string of the molecule is O=C(c1ccc2c(c1)OCO2)N1C[C@H]2C[C@@H](Oc3ccc(F)cc3)[C@H](O)C[C@H]2C1. The molecule has 1 aliphatic carbocycles. The molecule has 5 rings (SSSR count). The van der Waals surface area contributed by atoms with E-state index in [-0.39, 0.29) is 36.5 Å². The molecule has 0 radical (unpaired) electrons. The predicted octanol–water partition coefficient (Wildman–Crippen LogP) is 2.84. The van der Waals surface area contributed by atoms with Gasteiger partial charge in [0, 0.05) is 18.7 Å². The summed E-state index contributed by atoms with van der Waals surface area (Å²) in [7, 11) is 0. The van der Waals surface area contributed by atoms with E-state index in [1.165, 1.54) is 12.1 Å². The van der Waals surface area contributed by atoms with Crippen LogP contribution in [0.15, 0.2) is 42.5 Å². The number of likely N-dealkylation sites (tertiary alicyclic amines) is 1. The summed E-state index contributed by atoms with van der Waals surface area (Å²) in [4.78, 5) is 14.8. The third-order valence-corrected chi connectivity index (χ3v) is 6.09. The van der Waals surface area contributed by atoms with E-state index in [1.807, 2.05) is 4.90 Å². The molecule has 0 spiro atoms. The van der Waals surface area contributed by atoms with Crippen molar-refractivity contribution < 1.29 is 28.5 Å². The summed E-state index contributed by atoms with van der Waals surface area (Å²) in [5.41, 5.74) is 0.576.